The fraction of sp³-hybridized carbons (Fsp3) is 0.467. The molecule has 0 aliphatic heterocycles. The lowest BCUT2D eigenvalue weighted by molar-refractivity contribution is -0.120. The summed E-state index contributed by atoms with van der Waals surface area (Å²) in [7, 11) is 1.59. The van der Waals surface area contributed by atoms with Crippen LogP contribution in [0.1, 0.15) is 12.5 Å². The number of rotatable bonds is 8. The standard InChI is InChI=1S/C15H23ClN4O2.HI/c1-3-17-15(20-11-14(21)18-8-9-22-2)19-10-12-4-6-13(16)7-5-12;/h4-7H,3,8-11H2,1-2H3,(H,18,21)(H2,17,19,20);1H. The molecule has 23 heavy (non-hydrogen) atoms. The SMILES string of the molecule is CCNC(=NCc1ccc(Cl)cc1)NCC(=O)NCCOC.I. The lowest BCUT2D eigenvalue weighted by atomic mass is 10.2. The van der Waals surface area contributed by atoms with Crippen molar-refractivity contribution in [3.05, 3.63) is 34.9 Å². The van der Waals surface area contributed by atoms with Gasteiger partial charge in [-0.15, -0.1) is 24.0 Å². The lowest BCUT2D eigenvalue weighted by Gasteiger charge is -2.11. The average Bonchev–Trinajstić information content (AvgIpc) is 2.52. The number of aliphatic imine (C=N–C) groups is 1. The number of carbonyl (C=O) groups excluding carboxylic acids is 1. The van der Waals surface area contributed by atoms with Gasteiger partial charge in [-0.3, -0.25) is 4.79 Å². The number of hydrogen-bond acceptors (Lipinski definition) is 3. The molecule has 0 heterocycles. The maximum Gasteiger partial charge on any atom is 0.239 e. The zero-order valence-electron chi connectivity index (χ0n) is 13.4. The van der Waals surface area contributed by atoms with E-state index in [0.29, 0.717) is 30.7 Å². The van der Waals surface area contributed by atoms with Crippen LogP contribution in [0.5, 0.6) is 0 Å². The molecule has 0 bridgehead atoms. The van der Waals surface area contributed by atoms with Crippen LogP contribution in [-0.2, 0) is 16.1 Å². The van der Waals surface area contributed by atoms with Crippen LogP contribution in [-0.4, -0.2) is 45.2 Å². The van der Waals surface area contributed by atoms with E-state index in [1.54, 1.807) is 7.11 Å². The first kappa shape index (κ1) is 21.9. The first-order valence-corrected chi connectivity index (χ1v) is 7.55. The van der Waals surface area contributed by atoms with Gasteiger partial charge in [0.1, 0.15) is 0 Å². The van der Waals surface area contributed by atoms with E-state index in [2.05, 4.69) is 20.9 Å². The van der Waals surface area contributed by atoms with Gasteiger partial charge in [0.25, 0.3) is 0 Å². The van der Waals surface area contributed by atoms with Crippen LogP contribution in [0.25, 0.3) is 0 Å². The minimum absolute atomic E-state index is 0. The Morgan fingerprint density at radius 3 is 2.52 bits per heavy atom. The summed E-state index contributed by atoms with van der Waals surface area (Å²) in [6, 6.07) is 7.51. The van der Waals surface area contributed by atoms with Crippen molar-refractivity contribution in [1.29, 1.82) is 0 Å². The van der Waals surface area contributed by atoms with Gasteiger partial charge in [-0.25, -0.2) is 4.99 Å². The molecule has 0 radical (unpaired) electrons. The lowest BCUT2D eigenvalue weighted by Crippen LogP contribution is -2.43. The Morgan fingerprint density at radius 1 is 1.22 bits per heavy atom. The zero-order valence-corrected chi connectivity index (χ0v) is 16.5. The minimum atomic E-state index is -0.103. The number of benzene rings is 1. The van der Waals surface area contributed by atoms with Crippen molar-refractivity contribution < 1.29 is 9.53 Å². The van der Waals surface area contributed by atoms with E-state index in [1.165, 1.54) is 0 Å². The number of hydrogen-bond donors (Lipinski definition) is 3. The Morgan fingerprint density at radius 2 is 1.91 bits per heavy atom. The van der Waals surface area contributed by atoms with Gasteiger partial charge in [0.15, 0.2) is 5.96 Å². The summed E-state index contributed by atoms with van der Waals surface area (Å²) in [6.45, 7) is 4.36. The Balaban J connectivity index is 0.00000484. The summed E-state index contributed by atoms with van der Waals surface area (Å²) in [5.74, 6) is 0.494. The number of nitrogens with zero attached hydrogens (tertiary/aromatic N) is 1. The molecule has 0 atom stereocenters. The van der Waals surface area contributed by atoms with Crippen LogP contribution in [0.4, 0.5) is 0 Å². The van der Waals surface area contributed by atoms with Crippen LogP contribution in [0.3, 0.4) is 0 Å². The van der Waals surface area contributed by atoms with Crippen molar-refractivity contribution in [3.8, 4) is 0 Å². The summed E-state index contributed by atoms with van der Waals surface area (Å²) < 4.78 is 4.87. The summed E-state index contributed by atoms with van der Waals surface area (Å²) in [5.41, 5.74) is 1.05. The summed E-state index contributed by atoms with van der Waals surface area (Å²) in [4.78, 5) is 16.0. The molecule has 3 N–H and O–H groups in total. The van der Waals surface area contributed by atoms with Crippen LogP contribution >= 0.6 is 35.6 Å². The van der Waals surface area contributed by atoms with Gasteiger partial charge >= 0.3 is 0 Å². The molecule has 1 aromatic carbocycles. The monoisotopic (exact) mass is 454 g/mol. The molecule has 8 heteroatoms. The van der Waals surface area contributed by atoms with Crippen molar-refractivity contribution in [2.24, 2.45) is 4.99 Å². The maximum atomic E-state index is 11.6. The minimum Gasteiger partial charge on any atom is -0.383 e. The smallest absolute Gasteiger partial charge is 0.239 e. The number of halogens is 2. The predicted molar refractivity (Wildman–Crippen MR) is 105 cm³/mol. The van der Waals surface area contributed by atoms with Crippen LogP contribution in [0.15, 0.2) is 29.3 Å². The molecule has 1 rings (SSSR count). The summed E-state index contributed by atoms with van der Waals surface area (Å²) in [5, 5.41) is 9.52. The molecule has 0 saturated carbocycles. The van der Waals surface area contributed by atoms with Gasteiger partial charge in [0.2, 0.25) is 5.91 Å². The highest BCUT2D eigenvalue weighted by atomic mass is 127. The molecule has 1 amide bonds. The van der Waals surface area contributed by atoms with Gasteiger partial charge in [-0.2, -0.15) is 0 Å². The van der Waals surface area contributed by atoms with E-state index < -0.39 is 0 Å². The van der Waals surface area contributed by atoms with E-state index in [-0.39, 0.29) is 36.4 Å². The number of carbonyl (C=O) groups is 1. The van der Waals surface area contributed by atoms with Crippen molar-refractivity contribution >= 4 is 47.4 Å². The zero-order chi connectivity index (χ0) is 16.2. The molecule has 1 aromatic rings. The Labute approximate surface area is 159 Å². The van der Waals surface area contributed by atoms with Crippen molar-refractivity contribution in [1.82, 2.24) is 16.0 Å². The predicted octanol–water partition coefficient (Wildman–Crippen LogP) is 1.78. The van der Waals surface area contributed by atoms with Crippen LogP contribution in [0, 0.1) is 0 Å². The molecule has 0 unspecified atom stereocenters. The molecule has 0 saturated heterocycles. The van der Waals surface area contributed by atoms with Crippen LogP contribution in [0.2, 0.25) is 5.02 Å². The fourth-order valence-electron chi connectivity index (χ4n) is 1.62. The van der Waals surface area contributed by atoms with E-state index in [9.17, 15) is 4.79 Å². The van der Waals surface area contributed by atoms with Crippen LogP contribution < -0.4 is 16.0 Å². The second-order valence-corrected chi connectivity index (χ2v) is 4.95. The van der Waals surface area contributed by atoms with Crippen molar-refractivity contribution in [2.45, 2.75) is 13.5 Å². The highest BCUT2D eigenvalue weighted by molar-refractivity contribution is 14.0. The third-order valence-corrected chi connectivity index (χ3v) is 2.97. The highest BCUT2D eigenvalue weighted by Gasteiger charge is 2.03. The summed E-state index contributed by atoms with van der Waals surface area (Å²) in [6.07, 6.45) is 0. The van der Waals surface area contributed by atoms with Gasteiger partial charge < -0.3 is 20.7 Å². The average molecular weight is 455 g/mol. The third kappa shape index (κ3) is 10.4. The van der Waals surface area contributed by atoms with E-state index in [1.807, 2.05) is 31.2 Å². The van der Waals surface area contributed by atoms with E-state index in [4.69, 9.17) is 16.3 Å². The number of guanidine groups is 1. The highest BCUT2D eigenvalue weighted by Crippen LogP contribution is 2.09. The van der Waals surface area contributed by atoms with Gasteiger partial charge in [0, 0.05) is 25.2 Å². The van der Waals surface area contributed by atoms with E-state index in [0.717, 1.165) is 12.1 Å². The van der Waals surface area contributed by atoms with Gasteiger partial charge in [-0.05, 0) is 24.6 Å². The number of ether oxygens (including phenoxy) is 1. The van der Waals surface area contributed by atoms with Gasteiger partial charge in [-0.1, -0.05) is 23.7 Å². The molecule has 0 aliphatic rings. The third-order valence-electron chi connectivity index (χ3n) is 2.72. The number of amides is 1. The first-order valence-electron chi connectivity index (χ1n) is 7.18. The molecule has 6 nitrogen and oxygen atoms in total. The second kappa shape index (κ2) is 13.4. The fourth-order valence-corrected chi connectivity index (χ4v) is 1.75. The Kier molecular flexibility index (Phi) is 12.8. The molecule has 130 valence electrons. The maximum absolute atomic E-state index is 11.6. The molecular weight excluding hydrogens is 431 g/mol. The Hall–Kier alpha value is -1.06. The largest absolute Gasteiger partial charge is 0.383 e. The molecular formula is C15H24ClIN4O2. The normalized spacial score (nSPS) is 10.7. The number of nitrogens with one attached hydrogen (secondary N) is 3. The van der Waals surface area contributed by atoms with E-state index >= 15 is 0 Å². The molecule has 0 spiro atoms. The van der Waals surface area contributed by atoms with Crippen molar-refractivity contribution in [2.75, 3.05) is 33.4 Å². The van der Waals surface area contributed by atoms with Crippen molar-refractivity contribution in [3.63, 3.8) is 0 Å². The number of methoxy groups -OCH3 is 1. The molecule has 0 fully saturated rings. The summed E-state index contributed by atoms with van der Waals surface area (Å²) >= 11 is 5.85. The first-order chi connectivity index (χ1) is 10.7. The topological polar surface area (TPSA) is 74.8 Å². The Bertz CT molecular complexity index is 483. The van der Waals surface area contributed by atoms with Gasteiger partial charge in [0.05, 0.1) is 19.7 Å². The molecule has 0 aliphatic carbocycles. The second-order valence-electron chi connectivity index (χ2n) is 4.52. The quantitative estimate of drug-likeness (QED) is 0.242. The molecule has 0 aromatic heterocycles.